The Hall–Kier alpha value is -1.91. The van der Waals surface area contributed by atoms with Gasteiger partial charge >= 0.3 is 0 Å². The highest BCUT2D eigenvalue weighted by molar-refractivity contribution is 5.43. The molecule has 0 spiro atoms. The number of rotatable bonds is 4. The number of halogens is 1. The Morgan fingerprint density at radius 3 is 2.40 bits per heavy atom. The van der Waals surface area contributed by atoms with Crippen LogP contribution in [0.5, 0.6) is 5.75 Å². The molecule has 1 unspecified atom stereocenters. The first kappa shape index (κ1) is 14.5. The van der Waals surface area contributed by atoms with Gasteiger partial charge in [0.05, 0.1) is 13.2 Å². The first-order chi connectivity index (χ1) is 9.60. The monoisotopic (exact) mass is 274 g/mol. The molecule has 3 nitrogen and oxygen atoms in total. The van der Waals surface area contributed by atoms with Crippen LogP contribution in [0.25, 0.3) is 0 Å². The molecule has 0 bridgehead atoms. The fourth-order valence-electron chi connectivity index (χ4n) is 2.34. The molecule has 0 saturated heterocycles. The topological polar surface area (TPSA) is 47.3 Å². The highest BCUT2D eigenvalue weighted by Crippen LogP contribution is 2.31. The van der Waals surface area contributed by atoms with Crippen molar-refractivity contribution in [3.05, 3.63) is 64.5 Å². The van der Waals surface area contributed by atoms with Crippen LogP contribution >= 0.6 is 0 Å². The standard InChI is InChI=1S/C16H19FN2O/c1-10-6-4-7-12(11(10)2)16(19-18)13-8-5-9-14(20-3)15(13)17/h4-9,16,19H,18H2,1-3H3. The predicted octanol–water partition coefficient (Wildman–Crippen LogP) is 3.00. The van der Waals surface area contributed by atoms with Crippen LogP contribution in [0.4, 0.5) is 4.39 Å². The number of methoxy groups -OCH3 is 1. The van der Waals surface area contributed by atoms with Crippen molar-refractivity contribution < 1.29 is 9.13 Å². The summed E-state index contributed by atoms with van der Waals surface area (Å²) >= 11 is 0. The van der Waals surface area contributed by atoms with Crippen LogP contribution in [0, 0.1) is 19.7 Å². The van der Waals surface area contributed by atoms with E-state index in [2.05, 4.69) is 5.43 Å². The van der Waals surface area contributed by atoms with Crippen LogP contribution < -0.4 is 16.0 Å². The molecule has 3 N–H and O–H groups in total. The van der Waals surface area contributed by atoms with Crippen LogP contribution in [0.3, 0.4) is 0 Å². The van der Waals surface area contributed by atoms with E-state index in [1.165, 1.54) is 7.11 Å². The number of nitrogens with one attached hydrogen (secondary N) is 1. The smallest absolute Gasteiger partial charge is 0.170 e. The molecule has 2 aromatic carbocycles. The number of nitrogens with two attached hydrogens (primary N) is 1. The molecular formula is C16H19FN2O. The van der Waals surface area contributed by atoms with Gasteiger partial charge in [0.25, 0.3) is 0 Å². The minimum atomic E-state index is -0.412. The predicted molar refractivity (Wildman–Crippen MR) is 78.0 cm³/mol. The normalized spacial score (nSPS) is 12.2. The number of hydrogen-bond donors (Lipinski definition) is 2. The average molecular weight is 274 g/mol. The summed E-state index contributed by atoms with van der Waals surface area (Å²) in [6.07, 6.45) is 0. The van der Waals surface area contributed by atoms with Crippen molar-refractivity contribution in [1.82, 2.24) is 5.43 Å². The van der Waals surface area contributed by atoms with E-state index in [9.17, 15) is 4.39 Å². The van der Waals surface area contributed by atoms with Crippen molar-refractivity contribution in [1.29, 1.82) is 0 Å². The molecule has 0 amide bonds. The van der Waals surface area contributed by atoms with E-state index in [4.69, 9.17) is 10.6 Å². The number of ether oxygens (including phenoxy) is 1. The highest BCUT2D eigenvalue weighted by Gasteiger charge is 2.20. The van der Waals surface area contributed by atoms with Gasteiger partial charge in [0.2, 0.25) is 0 Å². The van der Waals surface area contributed by atoms with E-state index in [1.807, 2.05) is 32.0 Å². The molecule has 4 heteroatoms. The van der Waals surface area contributed by atoms with Crippen molar-refractivity contribution in [3.8, 4) is 5.75 Å². The number of hydrazine groups is 1. The Labute approximate surface area is 118 Å². The molecular weight excluding hydrogens is 255 g/mol. The number of aryl methyl sites for hydroxylation is 1. The highest BCUT2D eigenvalue weighted by atomic mass is 19.1. The molecule has 0 aromatic heterocycles. The Kier molecular flexibility index (Phi) is 4.37. The van der Waals surface area contributed by atoms with Gasteiger partial charge in [0.1, 0.15) is 0 Å². The largest absolute Gasteiger partial charge is 0.494 e. The van der Waals surface area contributed by atoms with Gasteiger partial charge in [0.15, 0.2) is 11.6 Å². The van der Waals surface area contributed by atoms with Crippen LogP contribution in [0.2, 0.25) is 0 Å². The molecule has 0 aliphatic carbocycles. The molecule has 0 aliphatic rings. The van der Waals surface area contributed by atoms with Crippen molar-refractivity contribution in [2.24, 2.45) is 5.84 Å². The molecule has 0 radical (unpaired) electrons. The van der Waals surface area contributed by atoms with Gasteiger partial charge in [-0.05, 0) is 36.6 Å². The third kappa shape index (κ3) is 2.53. The number of hydrogen-bond acceptors (Lipinski definition) is 3. The lowest BCUT2D eigenvalue weighted by molar-refractivity contribution is 0.381. The zero-order valence-corrected chi connectivity index (χ0v) is 11.9. The molecule has 1 atom stereocenters. The maximum absolute atomic E-state index is 14.4. The van der Waals surface area contributed by atoms with E-state index in [1.54, 1.807) is 18.2 Å². The maximum Gasteiger partial charge on any atom is 0.170 e. The Bertz CT molecular complexity index is 613. The van der Waals surface area contributed by atoms with Crippen molar-refractivity contribution >= 4 is 0 Å². The molecule has 2 rings (SSSR count). The van der Waals surface area contributed by atoms with E-state index >= 15 is 0 Å². The third-order valence-electron chi connectivity index (χ3n) is 3.65. The fraction of sp³-hybridized carbons (Fsp3) is 0.250. The summed E-state index contributed by atoms with van der Waals surface area (Å²) in [6.45, 7) is 4.03. The Morgan fingerprint density at radius 1 is 1.10 bits per heavy atom. The first-order valence-electron chi connectivity index (χ1n) is 6.44. The molecule has 20 heavy (non-hydrogen) atoms. The quantitative estimate of drug-likeness (QED) is 0.665. The van der Waals surface area contributed by atoms with Crippen molar-refractivity contribution in [3.63, 3.8) is 0 Å². The molecule has 0 saturated carbocycles. The van der Waals surface area contributed by atoms with E-state index in [0.717, 1.165) is 16.7 Å². The van der Waals surface area contributed by atoms with Gasteiger partial charge in [-0.25, -0.2) is 9.82 Å². The van der Waals surface area contributed by atoms with E-state index < -0.39 is 6.04 Å². The second kappa shape index (κ2) is 6.03. The summed E-state index contributed by atoms with van der Waals surface area (Å²) in [4.78, 5) is 0. The molecule has 0 fully saturated rings. The van der Waals surface area contributed by atoms with Crippen LogP contribution in [-0.2, 0) is 0 Å². The molecule has 0 aliphatic heterocycles. The van der Waals surface area contributed by atoms with E-state index in [0.29, 0.717) is 5.56 Å². The van der Waals surface area contributed by atoms with Crippen molar-refractivity contribution in [2.75, 3.05) is 7.11 Å². The zero-order chi connectivity index (χ0) is 14.7. The van der Waals surface area contributed by atoms with Gasteiger partial charge in [-0.1, -0.05) is 30.3 Å². The Morgan fingerprint density at radius 2 is 1.75 bits per heavy atom. The van der Waals surface area contributed by atoms with Crippen molar-refractivity contribution in [2.45, 2.75) is 19.9 Å². The lowest BCUT2D eigenvalue weighted by atomic mass is 9.92. The lowest BCUT2D eigenvalue weighted by Gasteiger charge is -2.21. The first-order valence-corrected chi connectivity index (χ1v) is 6.44. The summed E-state index contributed by atoms with van der Waals surface area (Å²) in [7, 11) is 1.45. The summed E-state index contributed by atoms with van der Waals surface area (Å²) in [6, 6.07) is 10.6. The molecule has 0 heterocycles. The van der Waals surface area contributed by atoms with Gasteiger partial charge in [0, 0.05) is 5.56 Å². The number of benzene rings is 2. The SMILES string of the molecule is COc1cccc(C(NN)c2cccc(C)c2C)c1F. The summed E-state index contributed by atoms with van der Waals surface area (Å²) in [5.41, 5.74) is 6.37. The lowest BCUT2D eigenvalue weighted by Crippen LogP contribution is -2.30. The van der Waals surface area contributed by atoms with Crippen LogP contribution in [0.1, 0.15) is 28.3 Å². The third-order valence-corrected chi connectivity index (χ3v) is 3.65. The summed E-state index contributed by atoms with van der Waals surface area (Å²) < 4.78 is 19.4. The average Bonchev–Trinajstić information content (AvgIpc) is 2.46. The van der Waals surface area contributed by atoms with Gasteiger partial charge in [-0.15, -0.1) is 0 Å². The minimum absolute atomic E-state index is 0.216. The molecule has 2 aromatic rings. The maximum atomic E-state index is 14.4. The van der Waals surface area contributed by atoms with Gasteiger partial charge in [-0.3, -0.25) is 5.84 Å². The second-order valence-electron chi connectivity index (χ2n) is 4.75. The summed E-state index contributed by atoms with van der Waals surface area (Å²) in [5.74, 6) is 5.48. The zero-order valence-electron chi connectivity index (χ0n) is 11.9. The minimum Gasteiger partial charge on any atom is -0.494 e. The Balaban J connectivity index is 2.56. The van der Waals surface area contributed by atoms with Gasteiger partial charge < -0.3 is 4.74 Å². The molecule has 106 valence electrons. The van der Waals surface area contributed by atoms with Crippen LogP contribution in [-0.4, -0.2) is 7.11 Å². The fourth-order valence-corrected chi connectivity index (χ4v) is 2.34. The van der Waals surface area contributed by atoms with Gasteiger partial charge in [-0.2, -0.15) is 0 Å². The van der Waals surface area contributed by atoms with E-state index in [-0.39, 0.29) is 11.6 Å². The second-order valence-corrected chi connectivity index (χ2v) is 4.75. The van der Waals surface area contributed by atoms with Crippen LogP contribution in [0.15, 0.2) is 36.4 Å². The summed E-state index contributed by atoms with van der Waals surface area (Å²) in [5, 5.41) is 0.